The topological polar surface area (TPSA) is 41.6 Å². The Morgan fingerprint density at radius 2 is 2.09 bits per heavy atom. The molecule has 0 unspecified atom stereocenters. The summed E-state index contributed by atoms with van der Waals surface area (Å²) in [7, 11) is 1.92. The Labute approximate surface area is 139 Å². The molecule has 1 aromatic rings. The van der Waals surface area contributed by atoms with Crippen molar-refractivity contribution >= 4 is 11.6 Å². The summed E-state index contributed by atoms with van der Waals surface area (Å²) in [6, 6.07) is 8.09. The van der Waals surface area contributed by atoms with Gasteiger partial charge in [0, 0.05) is 24.8 Å². The van der Waals surface area contributed by atoms with Gasteiger partial charge in [0.15, 0.2) is 0 Å². The average Bonchev–Trinajstić information content (AvgIpc) is 2.58. The van der Waals surface area contributed by atoms with Crippen molar-refractivity contribution in [2.75, 3.05) is 25.5 Å². The highest BCUT2D eigenvalue weighted by Gasteiger charge is 2.21. The molecule has 1 saturated carbocycles. The predicted molar refractivity (Wildman–Crippen MR) is 94.9 cm³/mol. The molecule has 2 rings (SSSR count). The fraction of sp³-hybridized carbons (Fsp3) is 0.526. The van der Waals surface area contributed by atoms with Gasteiger partial charge >= 0.3 is 0 Å². The highest BCUT2D eigenvalue weighted by molar-refractivity contribution is 5.81. The Morgan fingerprint density at radius 1 is 1.35 bits per heavy atom. The number of carbonyl (C=O) groups is 1. The van der Waals surface area contributed by atoms with Crippen molar-refractivity contribution in [1.29, 1.82) is 0 Å². The average molecular weight is 316 g/mol. The Kier molecular flexibility index (Phi) is 6.51. The van der Waals surface area contributed by atoms with Crippen molar-refractivity contribution in [2.24, 2.45) is 0 Å². The van der Waals surface area contributed by atoms with Crippen molar-refractivity contribution in [2.45, 2.75) is 45.1 Å². The van der Waals surface area contributed by atoms with Gasteiger partial charge in [0.05, 0.1) is 6.54 Å². The largest absolute Gasteiger partial charge is 0.489 e. The van der Waals surface area contributed by atoms with E-state index >= 15 is 0 Å². The Hall–Kier alpha value is -1.97. The van der Waals surface area contributed by atoms with Crippen LogP contribution in [0.25, 0.3) is 0 Å². The molecule has 0 aromatic heterocycles. The van der Waals surface area contributed by atoms with E-state index in [1.807, 2.05) is 43.1 Å². The first-order valence-corrected chi connectivity index (χ1v) is 8.43. The van der Waals surface area contributed by atoms with Gasteiger partial charge in [0.1, 0.15) is 12.4 Å². The highest BCUT2D eigenvalue weighted by atomic mass is 16.5. The number of rotatable bonds is 7. The van der Waals surface area contributed by atoms with Gasteiger partial charge in [0.2, 0.25) is 5.91 Å². The van der Waals surface area contributed by atoms with Crippen molar-refractivity contribution < 1.29 is 9.53 Å². The maximum absolute atomic E-state index is 12.3. The molecule has 0 atom stereocenters. The number of hydrogen-bond donors (Lipinski definition) is 1. The molecule has 0 aliphatic heterocycles. The number of nitrogens with zero attached hydrogens (tertiary/aromatic N) is 1. The first-order chi connectivity index (χ1) is 11.1. The monoisotopic (exact) mass is 316 g/mol. The van der Waals surface area contributed by atoms with Crippen LogP contribution in [0.15, 0.2) is 36.4 Å². The lowest BCUT2D eigenvalue weighted by molar-refractivity contribution is -0.130. The molecule has 0 bridgehead atoms. The van der Waals surface area contributed by atoms with E-state index in [4.69, 9.17) is 4.74 Å². The normalized spacial score (nSPS) is 15.0. The zero-order valence-electron chi connectivity index (χ0n) is 14.3. The second-order valence-corrected chi connectivity index (χ2v) is 6.42. The van der Waals surface area contributed by atoms with Gasteiger partial charge in [-0.15, -0.1) is 0 Å². The third-order valence-electron chi connectivity index (χ3n) is 4.28. The lowest BCUT2D eigenvalue weighted by atomic mass is 9.94. The fourth-order valence-corrected chi connectivity index (χ4v) is 2.88. The van der Waals surface area contributed by atoms with E-state index in [0.29, 0.717) is 19.2 Å². The first kappa shape index (κ1) is 17.4. The number of carbonyl (C=O) groups excluding carboxylic acids is 1. The number of ether oxygens (including phenoxy) is 1. The van der Waals surface area contributed by atoms with Crippen molar-refractivity contribution in [1.82, 2.24) is 4.90 Å². The zero-order chi connectivity index (χ0) is 16.7. The van der Waals surface area contributed by atoms with Crippen molar-refractivity contribution in [3.63, 3.8) is 0 Å². The van der Waals surface area contributed by atoms with Crippen molar-refractivity contribution in [3.05, 3.63) is 36.4 Å². The predicted octanol–water partition coefficient (Wildman–Crippen LogP) is 3.84. The molecule has 126 valence electrons. The molecular formula is C19H28N2O2. The van der Waals surface area contributed by atoms with E-state index in [1.54, 1.807) is 0 Å². The van der Waals surface area contributed by atoms with Crippen LogP contribution in [-0.4, -0.2) is 37.0 Å². The van der Waals surface area contributed by atoms with Crippen molar-refractivity contribution in [3.8, 4) is 5.75 Å². The van der Waals surface area contributed by atoms with Gasteiger partial charge in [-0.05, 0) is 37.5 Å². The van der Waals surface area contributed by atoms with Gasteiger partial charge in [-0.1, -0.05) is 31.9 Å². The molecular weight excluding hydrogens is 288 g/mol. The van der Waals surface area contributed by atoms with Gasteiger partial charge in [-0.25, -0.2) is 0 Å². The highest BCUT2D eigenvalue weighted by Crippen LogP contribution is 2.22. The van der Waals surface area contributed by atoms with Crippen LogP contribution in [-0.2, 0) is 4.79 Å². The lowest BCUT2D eigenvalue weighted by Gasteiger charge is -2.31. The van der Waals surface area contributed by atoms with Gasteiger partial charge < -0.3 is 15.0 Å². The Bertz CT molecular complexity index is 536. The van der Waals surface area contributed by atoms with Gasteiger partial charge in [0.25, 0.3) is 0 Å². The molecule has 4 nitrogen and oxygen atoms in total. The number of anilines is 1. The third-order valence-corrected chi connectivity index (χ3v) is 4.28. The number of hydrogen-bond acceptors (Lipinski definition) is 3. The SMILES string of the molecule is C=C(C)COc1cccc(NCC(=O)N(C)C2CCCCC2)c1. The quantitative estimate of drug-likeness (QED) is 0.777. The molecule has 1 aromatic carbocycles. The summed E-state index contributed by atoms with van der Waals surface area (Å²) in [6.07, 6.45) is 6.03. The van der Waals surface area contributed by atoms with Crippen LogP contribution in [0.4, 0.5) is 5.69 Å². The maximum atomic E-state index is 12.3. The summed E-state index contributed by atoms with van der Waals surface area (Å²) in [5.41, 5.74) is 1.88. The smallest absolute Gasteiger partial charge is 0.241 e. The standard InChI is InChI=1S/C19H28N2O2/c1-15(2)14-23-18-11-7-8-16(12-18)20-13-19(22)21(3)17-9-5-4-6-10-17/h7-8,11-12,17,20H,1,4-6,9-10,13-14H2,2-3H3. The van der Waals surface area contributed by atoms with E-state index < -0.39 is 0 Å². The molecule has 0 heterocycles. The van der Waals surface area contributed by atoms with E-state index in [0.717, 1.165) is 29.9 Å². The summed E-state index contributed by atoms with van der Waals surface area (Å²) in [5, 5.41) is 3.20. The summed E-state index contributed by atoms with van der Waals surface area (Å²) in [5.74, 6) is 0.927. The summed E-state index contributed by atoms with van der Waals surface area (Å²) < 4.78 is 5.62. The third kappa shape index (κ3) is 5.62. The molecule has 0 saturated heterocycles. The van der Waals surface area contributed by atoms with E-state index in [-0.39, 0.29) is 5.91 Å². The number of benzene rings is 1. The molecule has 0 radical (unpaired) electrons. The van der Waals surface area contributed by atoms with Crippen LogP contribution in [0.5, 0.6) is 5.75 Å². The minimum Gasteiger partial charge on any atom is -0.489 e. The van der Waals surface area contributed by atoms with Crippen LogP contribution in [0.1, 0.15) is 39.0 Å². The Morgan fingerprint density at radius 3 is 2.78 bits per heavy atom. The number of amides is 1. The van der Waals surface area contributed by atoms with Crippen LogP contribution in [0, 0.1) is 0 Å². The number of nitrogens with one attached hydrogen (secondary N) is 1. The molecule has 0 spiro atoms. The van der Waals surface area contributed by atoms with Crippen LogP contribution in [0.2, 0.25) is 0 Å². The molecule has 1 aliphatic rings. The zero-order valence-corrected chi connectivity index (χ0v) is 14.3. The minimum atomic E-state index is 0.144. The van der Waals surface area contributed by atoms with Crippen LogP contribution < -0.4 is 10.1 Å². The lowest BCUT2D eigenvalue weighted by Crippen LogP contribution is -2.41. The van der Waals surface area contributed by atoms with E-state index in [2.05, 4.69) is 11.9 Å². The summed E-state index contributed by atoms with van der Waals surface area (Å²) in [4.78, 5) is 14.2. The molecule has 1 fully saturated rings. The second-order valence-electron chi connectivity index (χ2n) is 6.42. The molecule has 23 heavy (non-hydrogen) atoms. The molecule has 1 aliphatic carbocycles. The fourth-order valence-electron chi connectivity index (χ4n) is 2.88. The van der Waals surface area contributed by atoms with E-state index in [9.17, 15) is 4.79 Å². The first-order valence-electron chi connectivity index (χ1n) is 8.43. The summed E-state index contributed by atoms with van der Waals surface area (Å²) in [6.45, 7) is 6.58. The van der Waals surface area contributed by atoms with Gasteiger partial charge in [-0.2, -0.15) is 0 Å². The Balaban J connectivity index is 1.83. The minimum absolute atomic E-state index is 0.144. The van der Waals surface area contributed by atoms with Crippen LogP contribution in [0.3, 0.4) is 0 Å². The summed E-state index contributed by atoms with van der Waals surface area (Å²) >= 11 is 0. The van der Waals surface area contributed by atoms with Gasteiger partial charge in [-0.3, -0.25) is 4.79 Å². The van der Waals surface area contributed by atoms with Crippen LogP contribution >= 0.6 is 0 Å². The number of likely N-dealkylation sites (N-methyl/N-ethyl adjacent to an activating group) is 1. The molecule has 1 amide bonds. The molecule has 4 heteroatoms. The second kappa shape index (κ2) is 8.61. The molecule has 1 N–H and O–H groups in total. The maximum Gasteiger partial charge on any atom is 0.241 e. The van der Waals surface area contributed by atoms with E-state index in [1.165, 1.54) is 19.3 Å².